The quantitative estimate of drug-likeness (QED) is 0.843. The first-order chi connectivity index (χ1) is 8.95. The minimum atomic E-state index is -0.995. The molecule has 0 aliphatic heterocycles. The second kappa shape index (κ2) is 7.28. The van der Waals surface area contributed by atoms with Crippen molar-refractivity contribution in [1.29, 1.82) is 0 Å². The van der Waals surface area contributed by atoms with Crippen molar-refractivity contribution in [2.24, 2.45) is 0 Å². The van der Waals surface area contributed by atoms with E-state index in [-0.39, 0.29) is 5.91 Å². The van der Waals surface area contributed by atoms with Gasteiger partial charge in [0.25, 0.3) is 5.91 Å². The summed E-state index contributed by atoms with van der Waals surface area (Å²) in [6.45, 7) is 3.87. The van der Waals surface area contributed by atoms with Crippen LogP contribution in [0.15, 0.2) is 22.7 Å². The molecule has 4 nitrogen and oxygen atoms in total. The van der Waals surface area contributed by atoms with Crippen LogP contribution in [0.5, 0.6) is 0 Å². The highest BCUT2D eigenvalue weighted by molar-refractivity contribution is 9.10. The van der Waals surface area contributed by atoms with Gasteiger partial charge in [0.1, 0.15) is 6.04 Å². The molecule has 104 valence electrons. The number of hydrogen-bond acceptors (Lipinski definition) is 2. The summed E-state index contributed by atoms with van der Waals surface area (Å²) in [5.74, 6) is -1.36. The van der Waals surface area contributed by atoms with Crippen molar-refractivity contribution in [3.05, 3.63) is 33.8 Å². The maximum absolute atomic E-state index is 12.1. The Kier molecular flexibility index (Phi) is 6.02. The first kappa shape index (κ1) is 15.7. The lowest BCUT2D eigenvalue weighted by Crippen LogP contribution is -2.40. The number of halogens is 1. The Bertz CT molecular complexity index is 474. The number of carbonyl (C=O) groups is 2. The molecule has 0 heterocycles. The SMILES string of the molecule is CCCCC(NC(=O)c1cc(C)ccc1Br)C(=O)O. The third-order valence-electron chi connectivity index (χ3n) is 2.82. The zero-order valence-electron chi connectivity index (χ0n) is 11.1. The van der Waals surface area contributed by atoms with Gasteiger partial charge in [-0.1, -0.05) is 31.4 Å². The van der Waals surface area contributed by atoms with Gasteiger partial charge in [-0.3, -0.25) is 4.79 Å². The molecule has 5 heteroatoms. The van der Waals surface area contributed by atoms with Crippen molar-refractivity contribution in [2.75, 3.05) is 0 Å². The lowest BCUT2D eigenvalue weighted by Gasteiger charge is -2.15. The third-order valence-corrected chi connectivity index (χ3v) is 3.51. The molecule has 1 amide bonds. The number of aliphatic carboxylic acids is 1. The lowest BCUT2D eigenvalue weighted by atomic mass is 10.1. The smallest absolute Gasteiger partial charge is 0.326 e. The maximum Gasteiger partial charge on any atom is 0.326 e. The molecular weight excluding hydrogens is 310 g/mol. The number of amides is 1. The Labute approximate surface area is 121 Å². The van der Waals surface area contributed by atoms with E-state index in [1.54, 1.807) is 12.1 Å². The number of carboxylic acid groups (broad SMARTS) is 1. The molecule has 0 bridgehead atoms. The van der Waals surface area contributed by atoms with E-state index in [2.05, 4.69) is 21.2 Å². The van der Waals surface area contributed by atoms with E-state index < -0.39 is 12.0 Å². The molecule has 0 radical (unpaired) electrons. The molecule has 19 heavy (non-hydrogen) atoms. The van der Waals surface area contributed by atoms with Crippen LogP contribution in [0.25, 0.3) is 0 Å². The fraction of sp³-hybridized carbons (Fsp3) is 0.429. The van der Waals surface area contributed by atoms with Gasteiger partial charge in [-0.15, -0.1) is 0 Å². The summed E-state index contributed by atoms with van der Waals surface area (Å²) >= 11 is 3.30. The van der Waals surface area contributed by atoms with Crippen molar-refractivity contribution >= 4 is 27.8 Å². The van der Waals surface area contributed by atoms with E-state index in [1.165, 1.54) is 0 Å². The molecule has 0 aliphatic carbocycles. The Hall–Kier alpha value is -1.36. The molecule has 1 aromatic rings. The highest BCUT2D eigenvalue weighted by Crippen LogP contribution is 2.18. The molecule has 0 aromatic heterocycles. The normalized spacial score (nSPS) is 11.9. The Balaban J connectivity index is 2.81. The Morgan fingerprint density at radius 2 is 2.11 bits per heavy atom. The molecule has 0 aliphatic rings. The molecule has 1 unspecified atom stereocenters. The number of benzene rings is 1. The lowest BCUT2D eigenvalue weighted by molar-refractivity contribution is -0.139. The minimum Gasteiger partial charge on any atom is -0.480 e. The average Bonchev–Trinajstić information content (AvgIpc) is 2.36. The summed E-state index contributed by atoms with van der Waals surface area (Å²) in [4.78, 5) is 23.2. The molecule has 0 fully saturated rings. The standard InChI is InChI=1S/C14H18BrNO3/c1-3-4-5-12(14(18)19)16-13(17)10-8-9(2)6-7-11(10)15/h6-8,12H,3-5H2,1-2H3,(H,16,17)(H,18,19). The van der Waals surface area contributed by atoms with Crippen LogP contribution >= 0.6 is 15.9 Å². The number of carboxylic acids is 1. The van der Waals surface area contributed by atoms with E-state index in [9.17, 15) is 9.59 Å². The van der Waals surface area contributed by atoms with Crippen LogP contribution in [0.1, 0.15) is 42.1 Å². The van der Waals surface area contributed by atoms with Gasteiger partial charge in [0.15, 0.2) is 0 Å². The van der Waals surface area contributed by atoms with Gasteiger partial charge >= 0.3 is 5.97 Å². The number of rotatable bonds is 6. The van der Waals surface area contributed by atoms with Crippen molar-refractivity contribution in [1.82, 2.24) is 5.32 Å². The summed E-state index contributed by atoms with van der Waals surface area (Å²) < 4.78 is 0.662. The number of nitrogens with one attached hydrogen (secondary N) is 1. The van der Waals surface area contributed by atoms with Crippen LogP contribution in [0.3, 0.4) is 0 Å². The molecule has 2 N–H and O–H groups in total. The van der Waals surface area contributed by atoms with Crippen LogP contribution in [0.2, 0.25) is 0 Å². The fourth-order valence-electron chi connectivity index (χ4n) is 1.71. The van der Waals surface area contributed by atoms with E-state index in [4.69, 9.17) is 5.11 Å². The van der Waals surface area contributed by atoms with Gasteiger partial charge in [-0.2, -0.15) is 0 Å². The predicted molar refractivity (Wildman–Crippen MR) is 77.3 cm³/mol. The van der Waals surface area contributed by atoms with Crippen molar-refractivity contribution in [2.45, 2.75) is 39.2 Å². The summed E-state index contributed by atoms with van der Waals surface area (Å²) in [5.41, 5.74) is 1.41. The molecule has 1 atom stereocenters. The van der Waals surface area contributed by atoms with E-state index in [1.807, 2.05) is 19.9 Å². The Morgan fingerprint density at radius 1 is 1.42 bits per heavy atom. The molecule has 0 spiro atoms. The van der Waals surface area contributed by atoms with E-state index in [0.29, 0.717) is 16.5 Å². The highest BCUT2D eigenvalue weighted by atomic mass is 79.9. The highest BCUT2D eigenvalue weighted by Gasteiger charge is 2.21. The van der Waals surface area contributed by atoms with Gasteiger partial charge in [-0.05, 0) is 41.4 Å². The van der Waals surface area contributed by atoms with Crippen molar-refractivity contribution in [3.8, 4) is 0 Å². The topological polar surface area (TPSA) is 66.4 Å². The second-order valence-corrected chi connectivity index (χ2v) is 5.34. The van der Waals surface area contributed by atoms with Crippen LogP contribution in [-0.2, 0) is 4.79 Å². The number of carbonyl (C=O) groups excluding carboxylic acids is 1. The van der Waals surface area contributed by atoms with Gasteiger partial charge in [0.05, 0.1) is 5.56 Å². The first-order valence-corrected chi connectivity index (χ1v) is 7.04. The monoisotopic (exact) mass is 327 g/mol. The first-order valence-electron chi connectivity index (χ1n) is 6.25. The van der Waals surface area contributed by atoms with Crippen molar-refractivity contribution in [3.63, 3.8) is 0 Å². The molecule has 1 aromatic carbocycles. The minimum absolute atomic E-state index is 0.362. The summed E-state index contributed by atoms with van der Waals surface area (Å²) in [6, 6.07) is 4.57. The fourth-order valence-corrected chi connectivity index (χ4v) is 2.14. The zero-order valence-corrected chi connectivity index (χ0v) is 12.7. The molecule has 1 rings (SSSR count). The van der Waals surface area contributed by atoms with Gasteiger partial charge in [-0.25, -0.2) is 4.79 Å². The predicted octanol–water partition coefficient (Wildman–Crippen LogP) is 3.13. The summed E-state index contributed by atoms with van der Waals surface area (Å²) in [7, 11) is 0. The Morgan fingerprint density at radius 3 is 2.68 bits per heavy atom. The maximum atomic E-state index is 12.1. The number of aryl methyl sites for hydroxylation is 1. The number of hydrogen-bond donors (Lipinski definition) is 2. The van der Waals surface area contributed by atoms with Crippen LogP contribution in [0, 0.1) is 6.92 Å². The second-order valence-electron chi connectivity index (χ2n) is 4.49. The third kappa shape index (κ3) is 4.67. The summed E-state index contributed by atoms with van der Waals surface area (Å²) in [6.07, 6.45) is 2.11. The molecule has 0 saturated carbocycles. The average molecular weight is 328 g/mol. The number of unbranched alkanes of at least 4 members (excludes halogenated alkanes) is 1. The summed E-state index contributed by atoms with van der Waals surface area (Å²) in [5, 5.41) is 11.7. The van der Waals surface area contributed by atoms with Crippen LogP contribution < -0.4 is 5.32 Å². The largest absolute Gasteiger partial charge is 0.480 e. The van der Waals surface area contributed by atoms with Crippen molar-refractivity contribution < 1.29 is 14.7 Å². The van der Waals surface area contributed by atoms with Crippen LogP contribution in [0.4, 0.5) is 0 Å². The van der Waals surface area contributed by atoms with Gasteiger partial charge in [0.2, 0.25) is 0 Å². The van der Waals surface area contributed by atoms with Crippen LogP contribution in [-0.4, -0.2) is 23.0 Å². The van der Waals surface area contributed by atoms with Gasteiger partial charge in [0, 0.05) is 4.47 Å². The van der Waals surface area contributed by atoms with E-state index >= 15 is 0 Å². The van der Waals surface area contributed by atoms with E-state index in [0.717, 1.165) is 18.4 Å². The zero-order chi connectivity index (χ0) is 14.4. The van der Waals surface area contributed by atoms with Gasteiger partial charge < -0.3 is 10.4 Å². The molecular formula is C14H18BrNO3. The molecule has 0 saturated heterocycles.